The molecule has 0 bridgehead atoms. The van der Waals surface area contributed by atoms with E-state index in [0.29, 0.717) is 17.2 Å². The van der Waals surface area contributed by atoms with Crippen LogP contribution in [0.4, 0.5) is 5.00 Å². The third-order valence-electron chi connectivity index (χ3n) is 3.40. The molecule has 0 amide bonds. The normalized spacial score (nSPS) is 10.7. The summed E-state index contributed by atoms with van der Waals surface area (Å²) in [7, 11) is 0. The average Bonchev–Trinajstić information content (AvgIpc) is 2.71. The lowest BCUT2D eigenvalue weighted by molar-refractivity contribution is 0.0507. The third kappa shape index (κ3) is 3.10. The number of benzene rings is 1. The van der Waals surface area contributed by atoms with Gasteiger partial charge in [0.1, 0.15) is 10.6 Å². The van der Waals surface area contributed by atoms with E-state index in [1.54, 1.807) is 0 Å². The van der Waals surface area contributed by atoms with Crippen LogP contribution in [0.15, 0.2) is 18.2 Å². The Morgan fingerprint density at radius 1 is 1.29 bits per heavy atom. The second-order valence-corrected chi connectivity index (χ2v) is 6.48. The fraction of sp³-hybridized carbons (Fsp3) is 0.353. The molecule has 0 saturated heterocycles. The lowest BCUT2D eigenvalue weighted by Gasteiger charge is -2.10. The highest BCUT2D eigenvalue weighted by Crippen LogP contribution is 2.40. The maximum atomic E-state index is 12.3. The molecule has 0 aliphatic heterocycles. The van der Waals surface area contributed by atoms with E-state index < -0.39 is 0 Å². The first-order valence-corrected chi connectivity index (χ1v) is 7.91. The minimum Gasteiger partial charge on any atom is -0.462 e. The number of rotatable bonds is 4. The van der Waals surface area contributed by atoms with Crippen molar-refractivity contribution in [2.45, 2.75) is 34.1 Å². The Kier molecular flexibility index (Phi) is 4.68. The van der Waals surface area contributed by atoms with Gasteiger partial charge in [0, 0.05) is 10.4 Å². The summed E-state index contributed by atoms with van der Waals surface area (Å²) < 4.78 is 5.28. The van der Waals surface area contributed by atoms with Crippen LogP contribution >= 0.6 is 11.3 Å². The largest absolute Gasteiger partial charge is 0.462 e. The molecule has 2 rings (SSSR count). The van der Waals surface area contributed by atoms with Crippen molar-refractivity contribution in [3.63, 3.8) is 0 Å². The van der Waals surface area contributed by atoms with Crippen LogP contribution < -0.4 is 5.73 Å². The van der Waals surface area contributed by atoms with E-state index >= 15 is 0 Å². The van der Waals surface area contributed by atoms with Crippen LogP contribution in [0.25, 0.3) is 11.1 Å². The smallest absolute Gasteiger partial charge is 0.341 e. The summed E-state index contributed by atoms with van der Waals surface area (Å²) in [5, 5.41) is 0.531. The van der Waals surface area contributed by atoms with Gasteiger partial charge in [-0.15, -0.1) is 11.3 Å². The number of anilines is 1. The van der Waals surface area contributed by atoms with Crippen molar-refractivity contribution in [2.24, 2.45) is 0 Å². The van der Waals surface area contributed by atoms with E-state index in [2.05, 4.69) is 32.0 Å². The van der Waals surface area contributed by atoms with Crippen LogP contribution in [-0.2, 0) is 4.74 Å². The first-order valence-electron chi connectivity index (χ1n) is 7.09. The molecule has 0 radical (unpaired) electrons. The lowest BCUT2D eigenvalue weighted by atomic mass is 9.96. The SMILES string of the molecule is CCCOC(=O)c1c(N)sc(C)c1-c1ccc(C)cc1C. The number of esters is 1. The molecule has 1 heterocycles. The van der Waals surface area contributed by atoms with Crippen molar-refractivity contribution in [1.29, 1.82) is 0 Å². The molecule has 0 saturated carbocycles. The quantitative estimate of drug-likeness (QED) is 0.847. The predicted molar refractivity (Wildman–Crippen MR) is 89.0 cm³/mol. The molecule has 2 aromatic rings. The van der Waals surface area contributed by atoms with Crippen molar-refractivity contribution < 1.29 is 9.53 Å². The van der Waals surface area contributed by atoms with Gasteiger partial charge in [-0.05, 0) is 38.3 Å². The number of carbonyl (C=O) groups excluding carboxylic acids is 1. The fourth-order valence-corrected chi connectivity index (χ4v) is 3.39. The van der Waals surface area contributed by atoms with Gasteiger partial charge in [0.05, 0.1) is 6.61 Å². The Morgan fingerprint density at radius 3 is 2.62 bits per heavy atom. The Balaban J connectivity index is 2.55. The van der Waals surface area contributed by atoms with E-state index in [4.69, 9.17) is 10.5 Å². The monoisotopic (exact) mass is 303 g/mol. The molecule has 3 nitrogen and oxygen atoms in total. The molecule has 0 aliphatic rings. The summed E-state index contributed by atoms with van der Waals surface area (Å²) in [5.41, 5.74) is 10.9. The molecule has 0 atom stereocenters. The highest BCUT2D eigenvalue weighted by molar-refractivity contribution is 7.16. The molecule has 0 fully saturated rings. The minimum absolute atomic E-state index is 0.325. The number of nitrogens with two attached hydrogens (primary N) is 1. The molecule has 0 unspecified atom stereocenters. The maximum absolute atomic E-state index is 12.3. The van der Waals surface area contributed by atoms with Gasteiger partial charge in [0.2, 0.25) is 0 Å². The molecule has 0 aliphatic carbocycles. The van der Waals surface area contributed by atoms with E-state index in [-0.39, 0.29) is 5.97 Å². The first kappa shape index (κ1) is 15.6. The second kappa shape index (κ2) is 6.31. The summed E-state index contributed by atoms with van der Waals surface area (Å²) >= 11 is 1.44. The molecule has 0 spiro atoms. The average molecular weight is 303 g/mol. The Hall–Kier alpha value is -1.81. The molecule has 21 heavy (non-hydrogen) atoms. The number of thiophene rings is 1. The zero-order chi connectivity index (χ0) is 15.6. The van der Waals surface area contributed by atoms with E-state index in [0.717, 1.165) is 28.0 Å². The number of aryl methyl sites for hydroxylation is 3. The zero-order valence-electron chi connectivity index (χ0n) is 12.9. The van der Waals surface area contributed by atoms with Gasteiger partial charge in [0.25, 0.3) is 0 Å². The number of hydrogen-bond acceptors (Lipinski definition) is 4. The van der Waals surface area contributed by atoms with Crippen molar-refractivity contribution in [3.8, 4) is 11.1 Å². The van der Waals surface area contributed by atoms with Gasteiger partial charge in [-0.25, -0.2) is 4.79 Å². The van der Waals surface area contributed by atoms with Crippen LogP contribution in [0.3, 0.4) is 0 Å². The molecule has 4 heteroatoms. The minimum atomic E-state index is -0.325. The van der Waals surface area contributed by atoms with Crippen molar-refractivity contribution in [1.82, 2.24) is 0 Å². The van der Waals surface area contributed by atoms with E-state index in [1.807, 2.05) is 13.8 Å². The number of nitrogen functional groups attached to an aromatic ring is 1. The number of carbonyl (C=O) groups is 1. The van der Waals surface area contributed by atoms with Crippen LogP contribution in [0.2, 0.25) is 0 Å². The Labute approximate surface area is 129 Å². The van der Waals surface area contributed by atoms with Gasteiger partial charge in [-0.3, -0.25) is 0 Å². The first-order chi connectivity index (χ1) is 9.95. The summed E-state index contributed by atoms with van der Waals surface area (Å²) in [4.78, 5) is 13.4. The fourth-order valence-electron chi connectivity index (χ4n) is 2.45. The summed E-state index contributed by atoms with van der Waals surface area (Å²) in [6.45, 7) is 8.49. The van der Waals surface area contributed by atoms with Crippen LogP contribution in [-0.4, -0.2) is 12.6 Å². The predicted octanol–water partition coefficient (Wildman–Crippen LogP) is 4.49. The van der Waals surface area contributed by atoms with Crippen molar-refractivity contribution in [3.05, 3.63) is 39.8 Å². The van der Waals surface area contributed by atoms with Gasteiger partial charge in [0.15, 0.2) is 0 Å². The second-order valence-electron chi connectivity index (χ2n) is 5.23. The standard InChI is InChI=1S/C17H21NO2S/c1-5-8-20-17(19)15-14(12(4)21-16(15)18)13-7-6-10(2)9-11(13)3/h6-7,9H,5,8,18H2,1-4H3. The Morgan fingerprint density at radius 2 is 2.00 bits per heavy atom. The molecule has 2 N–H and O–H groups in total. The number of hydrogen-bond donors (Lipinski definition) is 1. The van der Waals surface area contributed by atoms with Gasteiger partial charge >= 0.3 is 5.97 Å². The molecular weight excluding hydrogens is 282 g/mol. The maximum Gasteiger partial charge on any atom is 0.341 e. The highest BCUT2D eigenvalue weighted by Gasteiger charge is 2.23. The van der Waals surface area contributed by atoms with Gasteiger partial charge < -0.3 is 10.5 Å². The summed E-state index contributed by atoms with van der Waals surface area (Å²) in [5.74, 6) is -0.325. The van der Waals surface area contributed by atoms with Gasteiger partial charge in [-0.2, -0.15) is 0 Å². The van der Waals surface area contributed by atoms with Gasteiger partial charge in [-0.1, -0.05) is 30.7 Å². The number of ether oxygens (including phenoxy) is 1. The lowest BCUT2D eigenvalue weighted by Crippen LogP contribution is -2.08. The molecular formula is C17H21NO2S. The molecule has 1 aromatic carbocycles. The van der Waals surface area contributed by atoms with Crippen LogP contribution in [0.5, 0.6) is 0 Å². The van der Waals surface area contributed by atoms with Crippen molar-refractivity contribution >= 4 is 22.3 Å². The van der Waals surface area contributed by atoms with Crippen LogP contribution in [0.1, 0.15) is 39.7 Å². The van der Waals surface area contributed by atoms with Crippen LogP contribution in [0, 0.1) is 20.8 Å². The van der Waals surface area contributed by atoms with E-state index in [1.165, 1.54) is 16.9 Å². The Bertz CT molecular complexity index is 674. The third-order valence-corrected chi connectivity index (χ3v) is 4.34. The molecule has 1 aromatic heterocycles. The summed E-state index contributed by atoms with van der Waals surface area (Å²) in [6, 6.07) is 6.22. The highest BCUT2D eigenvalue weighted by atomic mass is 32.1. The van der Waals surface area contributed by atoms with E-state index in [9.17, 15) is 4.79 Å². The summed E-state index contributed by atoms with van der Waals surface area (Å²) in [6.07, 6.45) is 0.799. The topological polar surface area (TPSA) is 52.3 Å². The zero-order valence-corrected chi connectivity index (χ0v) is 13.8. The van der Waals surface area contributed by atoms with Crippen molar-refractivity contribution in [2.75, 3.05) is 12.3 Å². The molecule has 112 valence electrons.